The molecule has 3 aromatic rings. The number of imide groups is 1. The summed E-state index contributed by atoms with van der Waals surface area (Å²) >= 11 is 3.40. The summed E-state index contributed by atoms with van der Waals surface area (Å²) in [7, 11) is 0. The fourth-order valence-corrected chi connectivity index (χ4v) is 3.07. The van der Waals surface area contributed by atoms with Gasteiger partial charge in [0, 0.05) is 10.0 Å². The Morgan fingerprint density at radius 1 is 1.08 bits per heavy atom. The molecule has 2 amide bonds. The summed E-state index contributed by atoms with van der Waals surface area (Å²) in [5.74, 6) is 0.0828. The molecule has 4 rings (SSSR count). The van der Waals surface area contributed by atoms with E-state index in [1.165, 1.54) is 0 Å². The van der Waals surface area contributed by atoms with Crippen LogP contribution in [0.2, 0.25) is 0 Å². The van der Waals surface area contributed by atoms with Crippen LogP contribution in [-0.2, 0) is 6.42 Å². The number of amides is 2. The molecule has 118 valence electrons. The zero-order valence-electron chi connectivity index (χ0n) is 12.2. The van der Waals surface area contributed by atoms with Crippen molar-refractivity contribution in [1.29, 1.82) is 0 Å². The molecular weight excluding hydrogens is 374 g/mol. The highest BCUT2D eigenvalue weighted by Gasteiger charge is 2.29. The first-order valence-electron chi connectivity index (χ1n) is 7.18. The first-order chi connectivity index (χ1) is 11.6. The van der Waals surface area contributed by atoms with Gasteiger partial charge in [0.15, 0.2) is 0 Å². The Kier molecular flexibility index (Phi) is 3.50. The van der Waals surface area contributed by atoms with Gasteiger partial charge in [0.05, 0.1) is 17.5 Å². The molecule has 0 saturated heterocycles. The number of halogens is 1. The molecule has 1 N–H and O–H groups in total. The van der Waals surface area contributed by atoms with E-state index in [1.54, 1.807) is 18.2 Å². The Balaban J connectivity index is 1.66. The Morgan fingerprint density at radius 3 is 2.75 bits per heavy atom. The number of aromatic nitrogens is 2. The second kappa shape index (κ2) is 5.68. The lowest BCUT2D eigenvalue weighted by Crippen LogP contribution is -2.20. The maximum absolute atomic E-state index is 11.9. The Hall–Kier alpha value is -2.80. The van der Waals surface area contributed by atoms with Crippen molar-refractivity contribution in [3.63, 3.8) is 0 Å². The summed E-state index contributed by atoms with van der Waals surface area (Å²) < 4.78 is 6.21. The van der Waals surface area contributed by atoms with E-state index in [4.69, 9.17) is 4.52 Å². The van der Waals surface area contributed by atoms with Crippen LogP contribution in [0.1, 0.15) is 32.2 Å². The van der Waals surface area contributed by atoms with Crippen LogP contribution in [0, 0.1) is 0 Å². The number of rotatable bonds is 3. The Morgan fingerprint density at radius 2 is 1.92 bits per heavy atom. The lowest BCUT2D eigenvalue weighted by molar-refractivity contribution is 0.0879. The van der Waals surface area contributed by atoms with Crippen LogP contribution in [0.15, 0.2) is 51.5 Å². The van der Waals surface area contributed by atoms with Crippen molar-refractivity contribution in [3.05, 3.63) is 69.5 Å². The second-order valence-corrected chi connectivity index (χ2v) is 6.24. The number of fused-ring (bicyclic) bond motifs is 1. The van der Waals surface area contributed by atoms with Gasteiger partial charge in [0.25, 0.3) is 11.8 Å². The summed E-state index contributed by atoms with van der Waals surface area (Å²) in [5.41, 5.74) is 2.26. The molecule has 2 aromatic carbocycles. The van der Waals surface area contributed by atoms with Gasteiger partial charge in [0.1, 0.15) is 0 Å². The van der Waals surface area contributed by atoms with Crippen LogP contribution in [0.3, 0.4) is 0 Å². The zero-order valence-corrected chi connectivity index (χ0v) is 13.8. The van der Waals surface area contributed by atoms with Gasteiger partial charge in [-0.15, -0.1) is 0 Å². The minimum absolute atomic E-state index is 0.283. The highest BCUT2D eigenvalue weighted by Crippen LogP contribution is 2.24. The van der Waals surface area contributed by atoms with Gasteiger partial charge < -0.3 is 4.52 Å². The molecule has 0 unspecified atom stereocenters. The van der Waals surface area contributed by atoms with E-state index in [-0.39, 0.29) is 12.3 Å². The molecule has 0 bridgehead atoms. The van der Waals surface area contributed by atoms with Gasteiger partial charge in [-0.3, -0.25) is 14.9 Å². The number of hydrogen-bond acceptors (Lipinski definition) is 5. The van der Waals surface area contributed by atoms with E-state index in [9.17, 15) is 9.59 Å². The number of carbonyl (C=O) groups is 2. The number of nitrogens with zero attached hydrogens (tertiary/aromatic N) is 2. The highest BCUT2D eigenvalue weighted by molar-refractivity contribution is 9.10. The van der Waals surface area contributed by atoms with E-state index in [0.29, 0.717) is 28.4 Å². The summed E-state index contributed by atoms with van der Waals surface area (Å²) in [5, 5.41) is 6.27. The molecule has 0 aliphatic carbocycles. The number of benzene rings is 2. The van der Waals surface area contributed by atoms with Crippen LogP contribution >= 0.6 is 15.9 Å². The van der Waals surface area contributed by atoms with Crippen LogP contribution in [0.4, 0.5) is 0 Å². The van der Waals surface area contributed by atoms with Crippen molar-refractivity contribution in [2.24, 2.45) is 0 Å². The monoisotopic (exact) mass is 383 g/mol. The smallest absolute Gasteiger partial charge is 0.259 e. The Bertz CT molecular complexity index is 981. The van der Waals surface area contributed by atoms with Crippen molar-refractivity contribution >= 4 is 27.7 Å². The molecular formula is C17H10BrN3O3. The average Bonchev–Trinajstić information content (AvgIpc) is 3.13. The van der Waals surface area contributed by atoms with Gasteiger partial charge in [-0.1, -0.05) is 45.4 Å². The molecule has 1 aromatic heterocycles. The molecule has 0 saturated carbocycles. The SMILES string of the molecule is O=C1NC(=O)c2c(Cc3nc(-c4cccc(Br)c4)no3)cccc21. The summed E-state index contributed by atoms with van der Waals surface area (Å²) in [6.45, 7) is 0. The molecule has 0 atom stereocenters. The molecule has 24 heavy (non-hydrogen) atoms. The largest absolute Gasteiger partial charge is 0.339 e. The minimum Gasteiger partial charge on any atom is -0.339 e. The van der Waals surface area contributed by atoms with Gasteiger partial charge >= 0.3 is 0 Å². The molecule has 7 heteroatoms. The predicted octanol–water partition coefficient (Wildman–Crippen LogP) is 2.97. The van der Waals surface area contributed by atoms with Gasteiger partial charge in [-0.25, -0.2) is 0 Å². The van der Waals surface area contributed by atoms with Gasteiger partial charge in [0.2, 0.25) is 11.7 Å². The van der Waals surface area contributed by atoms with Crippen molar-refractivity contribution in [1.82, 2.24) is 15.5 Å². The summed E-state index contributed by atoms with van der Waals surface area (Å²) in [4.78, 5) is 28.0. The van der Waals surface area contributed by atoms with Crippen molar-refractivity contribution in [2.45, 2.75) is 6.42 Å². The van der Waals surface area contributed by atoms with Crippen LogP contribution in [0.25, 0.3) is 11.4 Å². The average molecular weight is 384 g/mol. The minimum atomic E-state index is -0.391. The quantitative estimate of drug-likeness (QED) is 0.702. The Labute approximate surface area is 145 Å². The van der Waals surface area contributed by atoms with Crippen molar-refractivity contribution in [3.8, 4) is 11.4 Å². The van der Waals surface area contributed by atoms with E-state index in [0.717, 1.165) is 10.0 Å². The third kappa shape index (κ3) is 2.52. The van der Waals surface area contributed by atoms with E-state index in [2.05, 4.69) is 31.4 Å². The molecule has 1 aliphatic rings. The second-order valence-electron chi connectivity index (χ2n) is 5.32. The lowest BCUT2D eigenvalue weighted by atomic mass is 10.0. The summed E-state index contributed by atoms with van der Waals surface area (Å²) in [6, 6.07) is 12.7. The predicted molar refractivity (Wildman–Crippen MR) is 88.5 cm³/mol. The first-order valence-corrected chi connectivity index (χ1v) is 7.97. The third-order valence-corrected chi connectivity index (χ3v) is 4.24. The fraction of sp³-hybridized carbons (Fsp3) is 0.0588. The fourth-order valence-electron chi connectivity index (χ4n) is 2.67. The van der Waals surface area contributed by atoms with Crippen LogP contribution in [-0.4, -0.2) is 22.0 Å². The molecule has 0 fully saturated rings. The van der Waals surface area contributed by atoms with Gasteiger partial charge in [-0.05, 0) is 23.8 Å². The number of hydrogen-bond donors (Lipinski definition) is 1. The highest BCUT2D eigenvalue weighted by atomic mass is 79.9. The lowest BCUT2D eigenvalue weighted by Gasteiger charge is -2.02. The first kappa shape index (κ1) is 14.8. The van der Waals surface area contributed by atoms with E-state index >= 15 is 0 Å². The summed E-state index contributed by atoms with van der Waals surface area (Å²) in [6.07, 6.45) is 0.283. The standard InChI is InChI=1S/C17H10BrN3O3/c18-11-5-1-4-10(7-11)15-19-13(24-21-15)8-9-3-2-6-12-14(9)17(23)20-16(12)22/h1-7H,8H2,(H,20,22,23). The van der Waals surface area contributed by atoms with Crippen LogP contribution < -0.4 is 5.32 Å². The normalized spacial score (nSPS) is 13.0. The third-order valence-electron chi connectivity index (χ3n) is 3.74. The maximum Gasteiger partial charge on any atom is 0.259 e. The molecule has 0 radical (unpaired) electrons. The molecule has 1 aliphatic heterocycles. The molecule has 6 nitrogen and oxygen atoms in total. The number of carbonyl (C=O) groups excluding carboxylic acids is 2. The van der Waals surface area contributed by atoms with Crippen molar-refractivity contribution < 1.29 is 14.1 Å². The van der Waals surface area contributed by atoms with Crippen molar-refractivity contribution in [2.75, 3.05) is 0 Å². The maximum atomic E-state index is 11.9. The molecule has 2 heterocycles. The topological polar surface area (TPSA) is 85.1 Å². The van der Waals surface area contributed by atoms with E-state index in [1.807, 2.05) is 24.3 Å². The number of nitrogens with one attached hydrogen (secondary N) is 1. The zero-order chi connectivity index (χ0) is 16.7. The van der Waals surface area contributed by atoms with Crippen LogP contribution in [0.5, 0.6) is 0 Å². The van der Waals surface area contributed by atoms with E-state index < -0.39 is 5.91 Å². The molecule has 0 spiro atoms. The van der Waals surface area contributed by atoms with Gasteiger partial charge in [-0.2, -0.15) is 4.98 Å².